The smallest absolute Gasteiger partial charge is 0.0327 e. The normalized spacial score (nSPS) is 26.2. The fourth-order valence-corrected chi connectivity index (χ4v) is 3.58. The summed E-state index contributed by atoms with van der Waals surface area (Å²) in [5, 5.41) is 2.16. The number of thiophene rings is 1. The van der Waals surface area contributed by atoms with Gasteiger partial charge in [0, 0.05) is 17.5 Å². The molecule has 2 atom stereocenters. The van der Waals surface area contributed by atoms with E-state index >= 15 is 0 Å². The van der Waals surface area contributed by atoms with Crippen LogP contribution in [-0.2, 0) is 6.54 Å². The van der Waals surface area contributed by atoms with E-state index in [-0.39, 0.29) is 0 Å². The van der Waals surface area contributed by atoms with Gasteiger partial charge in [0.2, 0.25) is 0 Å². The van der Waals surface area contributed by atoms with Crippen LogP contribution in [0.3, 0.4) is 0 Å². The van der Waals surface area contributed by atoms with Gasteiger partial charge in [0.15, 0.2) is 0 Å². The number of nitrogens with zero attached hydrogens (tertiary/aromatic N) is 1. The minimum absolute atomic E-state index is 0.695. The third-order valence-electron chi connectivity index (χ3n) is 3.72. The van der Waals surface area contributed by atoms with Crippen LogP contribution in [0.4, 0.5) is 0 Å². The lowest BCUT2D eigenvalue weighted by molar-refractivity contribution is 0.128. The third-order valence-corrected chi connectivity index (χ3v) is 4.58. The van der Waals surface area contributed by atoms with E-state index in [1.165, 1.54) is 30.6 Å². The molecule has 1 heterocycles. The van der Waals surface area contributed by atoms with Crippen molar-refractivity contribution in [3.63, 3.8) is 0 Å². The number of hydrogen-bond donors (Lipinski definition) is 1. The quantitative estimate of drug-likeness (QED) is 0.874. The highest BCUT2D eigenvalue weighted by Gasteiger charge is 2.27. The zero-order chi connectivity index (χ0) is 11.4. The summed E-state index contributed by atoms with van der Waals surface area (Å²) in [5.74, 6) is 0.707. The van der Waals surface area contributed by atoms with Gasteiger partial charge in [-0.05, 0) is 43.8 Å². The fraction of sp³-hybridized carbons (Fsp3) is 0.692. The summed E-state index contributed by atoms with van der Waals surface area (Å²) in [6, 6.07) is 5.05. The first kappa shape index (κ1) is 12.1. The van der Waals surface area contributed by atoms with E-state index in [1.54, 1.807) is 0 Å². The predicted octanol–water partition coefficient (Wildman–Crippen LogP) is 2.70. The molecule has 2 N–H and O–H groups in total. The summed E-state index contributed by atoms with van der Waals surface area (Å²) in [6.45, 7) is 1.93. The van der Waals surface area contributed by atoms with Crippen molar-refractivity contribution in [2.75, 3.05) is 13.6 Å². The lowest BCUT2D eigenvalue weighted by atomic mass is 9.84. The fourth-order valence-electron chi connectivity index (χ4n) is 2.81. The van der Waals surface area contributed by atoms with E-state index in [2.05, 4.69) is 29.5 Å². The Balaban J connectivity index is 1.94. The first-order valence-corrected chi connectivity index (χ1v) is 7.12. The molecule has 2 nitrogen and oxygen atoms in total. The van der Waals surface area contributed by atoms with Gasteiger partial charge in [-0.3, -0.25) is 4.90 Å². The van der Waals surface area contributed by atoms with E-state index in [0.29, 0.717) is 12.0 Å². The largest absolute Gasteiger partial charge is 0.330 e. The highest BCUT2D eigenvalue weighted by molar-refractivity contribution is 7.09. The second kappa shape index (κ2) is 5.80. The van der Waals surface area contributed by atoms with Gasteiger partial charge in [0.05, 0.1) is 0 Å². The summed E-state index contributed by atoms with van der Waals surface area (Å²) in [6.07, 6.45) is 5.38. The summed E-state index contributed by atoms with van der Waals surface area (Å²) >= 11 is 1.85. The van der Waals surface area contributed by atoms with Gasteiger partial charge < -0.3 is 5.73 Å². The minimum atomic E-state index is 0.695. The van der Waals surface area contributed by atoms with Crippen LogP contribution in [0, 0.1) is 5.92 Å². The molecule has 2 unspecified atom stereocenters. The molecule has 0 bridgehead atoms. The molecule has 0 radical (unpaired) electrons. The topological polar surface area (TPSA) is 29.3 Å². The van der Waals surface area contributed by atoms with E-state index in [9.17, 15) is 0 Å². The van der Waals surface area contributed by atoms with Crippen LogP contribution >= 0.6 is 11.3 Å². The molecular weight excluding hydrogens is 216 g/mol. The molecule has 3 heteroatoms. The minimum Gasteiger partial charge on any atom is -0.330 e. The van der Waals surface area contributed by atoms with Crippen molar-refractivity contribution in [1.82, 2.24) is 4.90 Å². The van der Waals surface area contributed by atoms with Gasteiger partial charge >= 0.3 is 0 Å². The molecule has 1 aromatic heterocycles. The zero-order valence-electron chi connectivity index (χ0n) is 10.1. The van der Waals surface area contributed by atoms with Crippen molar-refractivity contribution < 1.29 is 0 Å². The van der Waals surface area contributed by atoms with E-state index in [0.717, 1.165) is 13.1 Å². The van der Waals surface area contributed by atoms with Crippen molar-refractivity contribution in [3.05, 3.63) is 22.4 Å². The second-order valence-electron chi connectivity index (χ2n) is 4.84. The molecule has 2 rings (SSSR count). The molecule has 90 valence electrons. The van der Waals surface area contributed by atoms with Crippen molar-refractivity contribution in [1.29, 1.82) is 0 Å². The third kappa shape index (κ3) is 2.84. The maximum absolute atomic E-state index is 5.88. The molecule has 1 aliphatic rings. The Morgan fingerprint density at radius 1 is 1.44 bits per heavy atom. The summed E-state index contributed by atoms with van der Waals surface area (Å²) in [5.41, 5.74) is 5.88. The Kier molecular flexibility index (Phi) is 4.38. The highest BCUT2D eigenvalue weighted by atomic mass is 32.1. The molecule has 0 aromatic carbocycles. The summed E-state index contributed by atoms with van der Waals surface area (Å²) in [7, 11) is 2.25. The first-order chi connectivity index (χ1) is 7.81. The molecule has 0 spiro atoms. The first-order valence-electron chi connectivity index (χ1n) is 6.24. The summed E-state index contributed by atoms with van der Waals surface area (Å²) in [4.78, 5) is 3.96. The monoisotopic (exact) mass is 238 g/mol. The van der Waals surface area contributed by atoms with E-state index in [1.807, 2.05) is 11.3 Å². The Morgan fingerprint density at radius 2 is 2.25 bits per heavy atom. The molecular formula is C13H22N2S. The van der Waals surface area contributed by atoms with Gasteiger partial charge in [-0.15, -0.1) is 11.3 Å². The molecule has 16 heavy (non-hydrogen) atoms. The van der Waals surface area contributed by atoms with Crippen molar-refractivity contribution in [3.8, 4) is 0 Å². The van der Waals surface area contributed by atoms with Gasteiger partial charge in [0.1, 0.15) is 0 Å². The average Bonchev–Trinajstić information content (AvgIpc) is 2.81. The number of hydrogen-bond acceptors (Lipinski definition) is 3. The van der Waals surface area contributed by atoms with Crippen LogP contribution in [-0.4, -0.2) is 24.5 Å². The standard InChI is InChI=1S/C13H22N2S/c1-15(10-12-6-4-8-16-12)13-7-3-2-5-11(13)9-14/h4,6,8,11,13H,2-3,5,7,9-10,14H2,1H3. The van der Waals surface area contributed by atoms with Gasteiger partial charge in [-0.1, -0.05) is 18.9 Å². The molecule has 1 saturated carbocycles. The SMILES string of the molecule is CN(Cc1cccs1)C1CCCCC1CN. The van der Waals surface area contributed by atoms with Gasteiger partial charge in [-0.2, -0.15) is 0 Å². The maximum Gasteiger partial charge on any atom is 0.0327 e. The highest BCUT2D eigenvalue weighted by Crippen LogP contribution is 2.28. The molecule has 0 aliphatic heterocycles. The van der Waals surface area contributed by atoms with E-state index < -0.39 is 0 Å². The Bertz CT molecular complexity index is 297. The van der Waals surface area contributed by atoms with Crippen LogP contribution in [0.2, 0.25) is 0 Å². The average molecular weight is 238 g/mol. The van der Waals surface area contributed by atoms with Crippen LogP contribution in [0.5, 0.6) is 0 Å². The molecule has 1 aromatic rings. The van der Waals surface area contributed by atoms with Gasteiger partial charge in [-0.25, -0.2) is 0 Å². The summed E-state index contributed by atoms with van der Waals surface area (Å²) < 4.78 is 0. The van der Waals surface area contributed by atoms with Crippen LogP contribution in [0.1, 0.15) is 30.6 Å². The lowest BCUT2D eigenvalue weighted by Gasteiger charge is -2.37. The molecule has 0 amide bonds. The molecule has 1 aliphatic carbocycles. The lowest BCUT2D eigenvalue weighted by Crippen LogP contribution is -2.42. The van der Waals surface area contributed by atoms with Crippen LogP contribution in [0.15, 0.2) is 17.5 Å². The maximum atomic E-state index is 5.88. The van der Waals surface area contributed by atoms with Crippen LogP contribution in [0.25, 0.3) is 0 Å². The molecule has 1 fully saturated rings. The predicted molar refractivity (Wildman–Crippen MR) is 70.6 cm³/mol. The number of nitrogens with two attached hydrogens (primary N) is 1. The van der Waals surface area contributed by atoms with Crippen molar-refractivity contribution >= 4 is 11.3 Å². The van der Waals surface area contributed by atoms with Gasteiger partial charge in [0.25, 0.3) is 0 Å². The zero-order valence-corrected chi connectivity index (χ0v) is 10.9. The van der Waals surface area contributed by atoms with Crippen molar-refractivity contribution in [2.24, 2.45) is 11.7 Å². The molecule has 0 saturated heterocycles. The van der Waals surface area contributed by atoms with Crippen LogP contribution < -0.4 is 5.73 Å². The Hall–Kier alpha value is -0.380. The second-order valence-corrected chi connectivity index (χ2v) is 5.87. The Morgan fingerprint density at radius 3 is 2.94 bits per heavy atom. The number of rotatable bonds is 4. The van der Waals surface area contributed by atoms with Crippen molar-refractivity contribution in [2.45, 2.75) is 38.3 Å². The van der Waals surface area contributed by atoms with E-state index in [4.69, 9.17) is 5.73 Å². The Labute approximate surface area is 102 Å².